The van der Waals surface area contributed by atoms with E-state index in [4.69, 9.17) is 9.47 Å². The number of carbonyl (C=O) groups is 2. The lowest BCUT2D eigenvalue weighted by Gasteiger charge is -2.15. The number of rotatable bonds is 26. The predicted octanol–water partition coefficient (Wildman–Crippen LogP) is 9.72. The SMILES string of the molecule is CCCCCCCCCCCCCCCCCCOC(=O)CCCCCC(=O)OC(C)CC(C)C. The van der Waals surface area contributed by atoms with Crippen molar-refractivity contribution in [2.24, 2.45) is 5.92 Å². The minimum absolute atomic E-state index is 0.0120. The Morgan fingerprint density at radius 2 is 0.943 bits per heavy atom. The summed E-state index contributed by atoms with van der Waals surface area (Å²) in [6.07, 6.45) is 25.8. The number of unbranched alkanes of at least 4 members (excludes halogenated alkanes) is 17. The predicted molar refractivity (Wildman–Crippen MR) is 149 cm³/mol. The molecule has 0 saturated carbocycles. The molecule has 4 heteroatoms. The fraction of sp³-hybridized carbons (Fsp3) is 0.935. The molecule has 0 saturated heterocycles. The van der Waals surface area contributed by atoms with Crippen molar-refractivity contribution in [2.45, 2.75) is 175 Å². The van der Waals surface area contributed by atoms with Crippen LogP contribution in [0.15, 0.2) is 0 Å². The quantitative estimate of drug-likeness (QED) is 0.0883. The normalized spacial score (nSPS) is 12.1. The van der Waals surface area contributed by atoms with Crippen molar-refractivity contribution in [1.82, 2.24) is 0 Å². The smallest absolute Gasteiger partial charge is 0.306 e. The summed E-state index contributed by atoms with van der Waals surface area (Å²) in [5.74, 6) is 0.311. The maximum Gasteiger partial charge on any atom is 0.306 e. The maximum absolute atomic E-state index is 11.8. The van der Waals surface area contributed by atoms with Crippen LogP contribution in [0.3, 0.4) is 0 Å². The number of hydrogen-bond donors (Lipinski definition) is 0. The summed E-state index contributed by atoms with van der Waals surface area (Å²) in [4.78, 5) is 23.6. The Morgan fingerprint density at radius 3 is 1.40 bits per heavy atom. The van der Waals surface area contributed by atoms with E-state index in [0.717, 1.165) is 38.5 Å². The Bertz CT molecular complexity index is 475. The highest BCUT2D eigenvalue weighted by Gasteiger charge is 2.11. The molecule has 208 valence electrons. The van der Waals surface area contributed by atoms with Crippen LogP contribution >= 0.6 is 0 Å². The summed E-state index contributed by atoms with van der Waals surface area (Å²) in [6, 6.07) is 0. The molecule has 0 amide bonds. The van der Waals surface area contributed by atoms with Gasteiger partial charge in [0.25, 0.3) is 0 Å². The third kappa shape index (κ3) is 27.4. The molecule has 0 N–H and O–H groups in total. The Hall–Kier alpha value is -1.06. The molecule has 0 bridgehead atoms. The molecule has 0 rings (SSSR count). The molecular formula is C31H60O4. The second kappa shape index (κ2) is 26.0. The Kier molecular flexibility index (Phi) is 25.2. The van der Waals surface area contributed by atoms with E-state index in [2.05, 4.69) is 20.8 Å². The first-order valence-corrected chi connectivity index (χ1v) is 15.3. The van der Waals surface area contributed by atoms with Crippen molar-refractivity contribution < 1.29 is 19.1 Å². The molecule has 1 atom stereocenters. The van der Waals surface area contributed by atoms with E-state index in [0.29, 0.717) is 25.4 Å². The Balaban J connectivity index is 3.29. The molecule has 0 aliphatic carbocycles. The van der Waals surface area contributed by atoms with E-state index in [1.54, 1.807) is 0 Å². The third-order valence-electron chi connectivity index (χ3n) is 6.66. The second-order valence-electron chi connectivity index (χ2n) is 11.0. The van der Waals surface area contributed by atoms with Crippen molar-refractivity contribution in [2.75, 3.05) is 6.61 Å². The maximum atomic E-state index is 11.8. The van der Waals surface area contributed by atoms with Gasteiger partial charge in [-0.25, -0.2) is 0 Å². The second-order valence-corrected chi connectivity index (χ2v) is 11.0. The van der Waals surface area contributed by atoms with E-state index in [1.165, 1.54) is 89.9 Å². The standard InChI is InChI=1S/C31H60O4/c1-5-6-7-8-9-10-11-12-13-14-15-16-17-18-19-23-26-34-30(32)24-21-20-22-25-31(33)35-29(4)27-28(2)3/h28-29H,5-27H2,1-4H3. The van der Waals surface area contributed by atoms with E-state index in [9.17, 15) is 9.59 Å². The van der Waals surface area contributed by atoms with Gasteiger partial charge in [-0.2, -0.15) is 0 Å². The van der Waals surface area contributed by atoms with Gasteiger partial charge in [-0.1, -0.05) is 124 Å². The highest BCUT2D eigenvalue weighted by Crippen LogP contribution is 2.14. The zero-order chi connectivity index (χ0) is 26.0. The van der Waals surface area contributed by atoms with Crippen molar-refractivity contribution in [1.29, 1.82) is 0 Å². The van der Waals surface area contributed by atoms with Gasteiger partial charge in [-0.3, -0.25) is 9.59 Å². The molecule has 0 heterocycles. The van der Waals surface area contributed by atoms with E-state index < -0.39 is 0 Å². The summed E-state index contributed by atoms with van der Waals surface area (Å²) in [5, 5.41) is 0. The fourth-order valence-electron chi connectivity index (χ4n) is 4.62. The molecular weight excluding hydrogens is 436 g/mol. The van der Waals surface area contributed by atoms with Gasteiger partial charge >= 0.3 is 11.9 Å². The lowest BCUT2D eigenvalue weighted by atomic mass is 10.0. The van der Waals surface area contributed by atoms with Crippen LogP contribution in [0.1, 0.15) is 169 Å². The van der Waals surface area contributed by atoms with Crippen LogP contribution in [-0.4, -0.2) is 24.6 Å². The molecule has 0 aromatic carbocycles. The molecule has 0 aromatic rings. The van der Waals surface area contributed by atoms with E-state index in [-0.39, 0.29) is 18.0 Å². The molecule has 0 radical (unpaired) electrons. The average molecular weight is 497 g/mol. The molecule has 35 heavy (non-hydrogen) atoms. The lowest BCUT2D eigenvalue weighted by Crippen LogP contribution is -2.16. The summed E-state index contributed by atoms with van der Waals surface area (Å²) in [6.45, 7) is 9.04. The van der Waals surface area contributed by atoms with Crippen LogP contribution in [0.2, 0.25) is 0 Å². The van der Waals surface area contributed by atoms with Crippen molar-refractivity contribution >= 4 is 11.9 Å². The van der Waals surface area contributed by atoms with Crippen LogP contribution in [-0.2, 0) is 19.1 Å². The summed E-state index contributed by atoms with van der Waals surface area (Å²) in [7, 11) is 0. The highest BCUT2D eigenvalue weighted by atomic mass is 16.5. The Morgan fingerprint density at radius 1 is 0.543 bits per heavy atom. The molecule has 0 aromatic heterocycles. The zero-order valence-electron chi connectivity index (χ0n) is 24.1. The number of esters is 2. The van der Waals surface area contributed by atoms with Crippen LogP contribution in [0.5, 0.6) is 0 Å². The van der Waals surface area contributed by atoms with Gasteiger partial charge in [0.2, 0.25) is 0 Å². The first-order chi connectivity index (χ1) is 17.0. The fourth-order valence-corrected chi connectivity index (χ4v) is 4.62. The third-order valence-corrected chi connectivity index (χ3v) is 6.66. The Labute approximate surface area is 218 Å². The molecule has 0 aliphatic rings. The first-order valence-electron chi connectivity index (χ1n) is 15.3. The van der Waals surface area contributed by atoms with Gasteiger partial charge in [0.05, 0.1) is 12.7 Å². The van der Waals surface area contributed by atoms with Crippen molar-refractivity contribution in [3.8, 4) is 0 Å². The highest BCUT2D eigenvalue weighted by molar-refractivity contribution is 5.70. The minimum Gasteiger partial charge on any atom is -0.466 e. The monoisotopic (exact) mass is 496 g/mol. The van der Waals surface area contributed by atoms with Crippen molar-refractivity contribution in [3.63, 3.8) is 0 Å². The van der Waals surface area contributed by atoms with Crippen LogP contribution in [0, 0.1) is 5.92 Å². The average Bonchev–Trinajstić information content (AvgIpc) is 2.80. The number of hydrogen-bond acceptors (Lipinski definition) is 4. The molecule has 0 fully saturated rings. The number of carbonyl (C=O) groups excluding carboxylic acids is 2. The molecule has 0 spiro atoms. The minimum atomic E-state index is -0.121. The summed E-state index contributed by atoms with van der Waals surface area (Å²) < 4.78 is 10.7. The van der Waals surface area contributed by atoms with Gasteiger partial charge < -0.3 is 9.47 Å². The number of ether oxygens (including phenoxy) is 2. The van der Waals surface area contributed by atoms with Gasteiger partial charge in [-0.05, 0) is 38.5 Å². The molecule has 1 unspecified atom stereocenters. The topological polar surface area (TPSA) is 52.6 Å². The zero-order valence-corrected chi connectivity index (χ0v) is 24.1. The first kappa shape index (κ1) is 33.9. The summed E-state index contributed by atoms with van der Waals surface area (Å²) in [5.41, 5.74) is 0. The lowest BCUT2D eigenvalue weighted by molar-refractivity contribution is -0.149. The van der Waals surface area contributed by atoms with Crippen molar-refractivity contribution in [3.05, 3.63) is 0 Å². The largest absolute Gasteiger partial charge is 0.466 e. The molecule has 4 nitrogen and oxygen atoms in total. The van der Waals surface area contributed by atoms with E-state index >= 15 is 0 Å². The van der Waals surface area contributed by atoms with Crippen LogP contribution < -0.4 is 0 Å². The van der Waals surface area contributed by atoms with Crippen LogP contribution in [0.4, 0.5) is 0 Å². The summed E-state index contributed by atoms with van der Waals surface area (Å²) >= 11 is 0. The van der Waals surface area contributed by atoms with Crippen LogP contribution in [0.25, 0.3) is 0 Å². The van der Waals surface area contributed by atoms with Gasteiger partial charge in [0, 0.05) is 12.8 Å². The van der Waals surface area contributed by atoms with E-state index in [1.807, 2.05) is 6.92 Å². The van der Waals surface area contributed by atoms with Gasteiger partial charge in [0.15, 0.2) is 0 Å². The van der Waals surface area contributed by atoms with Gasteiger partial charge in [-0.15, -0.1) is 0 Å². The molecule has 0 aliphatic heterocycles. The van der Waals surface area contributed by atoms with Gasteiger partial charge in [0.1, 0.15) is 0 Å².